The van der Waals surface area contributed by atoms with Crippen molar-refractivity contribution in [3.8, 4) is 0 Å². The molecule has 1 atom stereocenters. The Morgan fingerprint density at radius 3 is 2.17 bits per heavy atom. The summed E-state index contributed by atoms with van der Waals surface area (Å²) in [7, 11) is -1.12. The zero-order valence-electron chi connectivity index (χ0n) is 9.57. The first-order chi connectivity index (χ1) is 8.68. The summed E-state index contributed by atoms with van der Waals surface area (Å²) in [5, 5.41) is 7.80. The van der Waals surface area contributed by atoms with Crippen LogP contribution in [0.5, 0.6) is 0 Å². The van der Waals surface area contributed by atoms with Gasteiger partial charge in [-0.15, -0.1) is 0 Å². The summed E-state index contributed by atoms with van der Waals surface area (Å²) in [5.41, 5.74) is 7.19. The number of hydrogen-bond donors (Lipinski definition) is 1. The first-order valence-corrected chi connectivity index (χ1v) is 8.65. The Balaban J connectivity index is 2.21. The minimum Gasteiger partial charge on any atom is -0.370 e. The normalized spacial score (nSPS) is 12.7. The molecule has 0 aliphatic heterocycles. The van der Waals surface area contributed by atoms with Gasteiger partial charge in [0.25, 0.3) is 0 Å². The predicted octanol–water partition coefficient (Wildman–Crippen LogP) is 2.52. The number of thiophene rings is 2. The zero-order chi connectivity index (χ0) is 13.0. The molecule has 0 radical (unpaired) electrons. The third-order valence-electron chi connectivity index (χ3n) is 2.50. The third-order valence-corrected chi connectivity index (χ3v) is 5.58. The summed E-state index contributed by atoms with van der Waals surface area (Å²) in [5.74, 6) is -0.0937. The molecule has 18 heavy (non-hydrogen) atoms. The summed E-state index contributed by atoms with van der Waals surface area (Å²) in [6, 6.07) is 3.96. The van der Waals surface area contributed by atoms with Crippen LogP contribution in [0.4, 0.5) is 0 Å². The fourth-order valence-electron chi connectivity index (χ4n) is 1.66. The number of carbonyl (C=O) groups excluding carboxylic acids is 1. The van der Waals surface area contributed by atoms with Crippen LogP contribution in [0.25, 0.3) is 0 Å². The van der Waals surface area contributed by atoms with E-state index in [-0.39, 0.29) is 11.7 Å². The molecule has 0 saturated heterocycles. The molecule has 0 aliphatic carbocycles. The van der Waals surface area contributed by atoms with Gasteiger partial charge in [0.1, 0.15) is 0 Å². The first-order valence-electron chi connectivity index (χ1n) is 5.38. The van der Waals surface area contributed by atoms with Crippen LogP contribution in [-0.4, -0.2) is 15.9 Å². The fourth-order valence-corrected chi connectivity index (χ4v) is 4.75. The van der Waals surface area contributed by atoms with Gasteiger partial charge in [0, 0.05) is 23.0 Å². The summed E-state index contributed by atoms with van der Waals surface area (Å²) in [4.78, 5) is 10.8. The summed E-state index contributed by atoms with van der Waals surface area (Å²) in [6.07, 6.45) is 0.164. The van der Waals surface area contributed by atoms with Crippen molar-refractivity contribution < 1.29 is 9.00 Å². The molecular weight excluding hydrogens is 286 g/mol. The molecule has 2 aromatic heterocycles. The van der Waals surface area contributed by atoms with Crippen molar-refractivity contribution in [3.63, 3.8) is 0 Å². The molecule has 0 bridgehead atoms. The molecule has 96 valence electrons. The van der Waals surface area contributed by atoms with Gasteiger partial charge in [-0.05, 0) is 44.8 Å². The molecule has 0 fully saturated rings. The van der Waals surface area contributed by atoms with Gasteiger partial charge in [0.05, 0.1) is 5.25 Å². The van der Waals surface area contributed by atoms with Gasteiger partial charge >= 0.3 is 0 Å². The van der Waals surface area contributed by atoms with Gasteiger partial charge in [-0.25, -0.2) is 0 Å². The number of primary amides is 1. The average molecular weight is 299 g/mol. The Bertz CT molecular complexity index is 485. The van der Waals surface area contributed by atoms with E-state index in [2.05, 4.69) is 0 Å². The molecule has 1 unspecified atom stereocenters. The van der Waals surface area contributed by atoms with Crippen molar-refractivity contribution in [2.24, 2.45) is 5.73 Å². The predicted molar refractivity (Wildman–Crippen MR) is 77.3 cm³/mol. The molecule has 0 aliphatic rings. The molecule has 3 nitrogen and oxygen atoms in total. The standard InChI is InChI=1S/C12H13NO2S3/c13-11(14)3-6-18(15)12(9-1-4-16-7-9)10-2-5-17-8-10/h1-2,4-5,7-8,12H,3,6H2,(H2,13,14). The van der Waals surface area contributed by atoms with Crippen molar-refractivity contribution in [1.82, 2.24) is 0 Å². The highest BCUT2D eigenvalue weighted by molar-refractivity contribution is 7.85. The van der Waals surface area contributed by atoms with E-state index in [0.717, 1.165) is 11.1 Å². The lowest BCUT2D eigenvalue weighted by atomic mass is 10.1. The molecule has 6 heteroatoms. The van der Waals surface area contributed by atoms with Gasteiger partial charge in [-0.1, -0.05) is 0 Å². The van der Waals surface area contributed by atoms with Gasteiger partial charge in [0.15, 0.2) is 0 Å². The molecule has 1 amide bonds. The molecule has 2 N–H and O–H groups in total. The number of carbonyl (C=O) groups is 1. The maximum absolute atomic E-state index is 12.4. The molecule has 0 aromatic carbocycles. The van der Waals surface area contributed by atoms with E-state index >= 15 is 0 Å². The highest BCUT2D eigenvalue weighted by Gasteiger charge is 2.22. The quantitative estimate of drug-likeness (QED) is 0.891. The zero-order valence-corrected chi connectivity index (χ0v) is 12.0. The maximum Gasteiger partial charge on any atom is 0.218 e. The van der Waals surface area contributed by atoms with Crippen LogP contribution < -0.4 is 5.73 Å². The van der Waals surface area contributed by atoms with Crippen LogP contribution in [0.3, 0.4) is 0 Å². The molecule has 2 heterocycles. The molecule has 0 saturated carbocycles. The minimum absolute atomic E-state index is 0.151. The lowest BCUT2D eigenvalue weighted by Crippen LogP contribution is -2.17. The number of nitrogens with two attached hydrogens (primary N) is 1. The van der Waals surface area contributed by atoms with Crippen LogP contribution >= 0.6 is 22.7 Å². The van der Waals surface area contributed by atoms with Gasteiger partial charge in [-0.3, -0.25) is 9.00 Å². The van der Waals surface area contributed by atoms with Crippen LogP contribution in [0.1, 0.15) is 22.8 Å². The smallest absolute Gasteiger partial charge is 0.218 e. The second-order valence-corrected chi connectivity index (χ2v) is 7.00. The van der Waals surface area contributed by atoms with Crippen LogP contribution in [0.2, 0.25) is 0 Å². The van der Waals surface area contributed by atoms with Crippen LogP contribution in [0, 0.1) is 0 Å². The van der Waals surface area contributed by atoms with Crippen LogP contribution in [-0.2, 0) is 15.6 Å². The topological polar surface area (TPSA) is 60.2 Å². The van der Waals surface area contributed by atoms with E-state index in [4.69, 9.17) is 5.73 Å². The van der Waals surface area contributed by atoms with E-state index in [1.807, 2.05) is 33.7 Å². The third kappa shape index (κ3) is 3.28. The second kappa shape index (κ2) is 6.26. The van der Waals surface area contributed by atoms with Crippen molar-refractivity contribution >= 4 is 39.4 Å². The van der Waals surface area contributed by atoms with Crippen molar-refractivity contribution in [2.75, 3.05) is 5.75 Å². The summed E-state index contributed by atoms with van der Waals surface area (Å²) < 4.78 is 12.4. The lowest BCUT2D eigenvalue weighted by molar-refractivity contribution is -0.117. The Hall–Kier alpha value is -0.980. The Labute approximate surface area is 116 Å². The number of amides is 1. The van der Waals surface area contributed by atoms with E-state index < -0.39 is 16.7 Å². The van der Waals surface area contributed by atoms with E-state index in [0.29, 0.717) is 5.75 Å². The van der Waals surface area contributed by atoms with E-state index in [9.17, 15) is 9.00 Å². The number of hydrogen-bond acceptors (Lipinski definition) is 4. The molecule has 2 aromatic rings. The van der Waals surface area contributed by atoms with Crippen molar-refractivity contribution in [1.29, 1.82) is 0 Å². The highest BCUT2D eigenvalue weighted by atomic mass is 32.2. The first kappa shape index (κ1) is 13.5. The molecule has 0 spiro atoms. The van der Waals surface area contributed by atoms with Gasteiger partial charge in [0.2, 0.25) is 5.91 Å². The Morgan fingerprint density at radius 1 is 1.22 bits per heavy atom. The van der Waals surface area contributed by atoms with Crippen LogP contribution in [0.15, 0.2) is 33.7 Å². The largest absolute Gasteiger partial charge is 0.370 e. The second-order valence-electron chi connectivity index (χ2n) is 3.79. The maximum atomic E-state index is 12.4. The van der Waals surface area contributed by atoms with E-state index in [1.54, 1.807) is 22.7 Å². The Morgan fingerprint density at radius 2 is 1.78 bits per heavy atom. The summed E-state index contributed by atoms with van der Waals surface area (Å²) in [6.45, 7) is 0. The SMILES string of the molecule is NC(=O)CCS(=O)C(c1ccsc1)c1ccsc1. The van der Waals surface area contributed by atoms with Crippen molar-refractivity contribution in [3.05, 3.63) is 44.8 Å². The highest BCUT2D eigenvalue weighted by Crippen LogP contribution is 2.31. The van der Waals surface area contributed by atoms with Crippen molar-refractivity contribution in [2.45, 2.75) is 11.7 Å². The summed E-state index contributed by atoms with van der Waals surface area (Å²) >= 11 is 3.17. The molecular formula is C12H13NO2S3. The fraction of sp³-hybridized carbons (Fsp3) is 0.250. The van der Waals surface area contributed by atoms with E-state index in [1.165, 1.54) is 0 Å². The monoisotopic (exact) mass is 299 g/mol. The lowest BCUT2D eigenvalue weighted by Gasteiger charge is -2.14. The average Bonchev–Trinajstić information content (AvgIpc) is 2.99. The van der Waals surface area contributed by atoms with Gasteiger partial charge < -0.3 is 5.73 Å². The Kier molecular flexibility index (Phi) is 4.68. The number of rotatable bonds is 6. The minimum atomic E-state index is -1.12. The molecule has 2 rings (SSSR count). The van der Waals surface area contributed by atoms with Gasteiger partial charge in [-0.2, -0.15) is 22.7 Å².